The number of rotatable bonds is 4. The SMILES string of the molecule is Cc1ccc(C(=O)N2CCCCC2)c(C2CCN(Cc3cccc(Cl)c3)CC2)n1. The largest absolute Gasteiger partial charge is 0.339 e. The normalized spacial score (nSPS) is 18.8. The fraction of sp³-hybridized carbons (Fsp3) is 0.500. The topological polar surface area (TPSA) is 36.4 Å². The van der Waals surface area contributed by atoms with E-state index in [0.29, 0.717) is 5.92 Å². The molecule has 0 spiro atoms. The van der Waals surface area contributed by atoms with Crippen molar-refractivity contribution in [3.05, 3.63) is 63.9 Å². The Labute approximate surface area is 178 Å². The first-order chi connectivity index (χ1) is 14.1. The van der Waals surface area contributed by atoms with Gasteiger partial charge < -0.3 is 4.90 Å². The molecule has 0 saturated carbocycles. The van der Waals surface area contributed by atoms with E-state index in [-0.39, 0.29) is 5.91 Å². The van der Waals surface area contributed by atoms with Crippen LogP contribution < -0.4 is 0 Å². The van der Waals surface area contributed by atoms with Gasteiger partial charge in [0.05, 0.1) is 11.3 Å². The predicted octanol–water partition coefficient (Wildman–Crippen LogP) is 5.05. The fourth-order valence-electron chi connectivity index (χ4n) is 4.59. The molecular weight excluding hydrogens is 382 g/mol. The Bertz CT molecular complexity index is 855. The molecule has 29 heavy (non-hydrogen) atoms. The van der Waals surface area contributed by atoms with E-state index in [1.807, 2.05) is 42.2 Å². The van der Waals surface area contributed by atoms with Crippen LogP contribution in [0, 0.1) is 6.92 Å². The van der Waals surface area contributed by atoms with E-state index in [1.165, 1.54) is 12.0 Å². The number of hydrogen-bond donors (Lipinski definition) is 0. The highest BCUT2D eigenvalue weighted by atomic mass is 35.5. The monoisotopic (exact) mass is 411 g/mol. The van der Waals surface area contributed by atoms with E-state index in [4.69, 9.17) is 16.6 Å². The number of carbonyl (C=O) groups excluding carboxylic acids is 1. The quantitative estimate of drug-likeness (QED) is 0.706. The highest BCUT2D eigenvalue weighted by Gasteiger charge is 2.28. The van der Waals surface area contributed by atoms with Crippen molar-refractivity contribution < 1.29 is 4.79 Å². The lowest BCUT2D eigenvalue weighted by atomic mass is 9.89. The molecule has 0 bridgehead atoms. The van der Waals surface area contributed by atoms with E-state index in [2.05, 4.69) is 11.0 Å². The summed E-state index contributed by atoms with van der Waals surface area (Å²) in [6.45, 7) is 6.74. The van der Waals surface area contributed by atoms with Crippen LogP contribution in [-0.4, -0.2) is 46.9 Å². The number of hydrogen-bond acceptors (Lipinski definition) is 3. The van der Waals surface area contributed by atoms with E-state index in [1.54, 1.807) is 0 Å². The molecule has 2 aliphatic heterocycles. The second-order valence-electron chi connectivity index (χ2n) is 8.42. The van der Waals surface area contributed by atoms with Crippen molar-refractivity contribution in [3.8, 4) is 0 Å². The van der Waals surface area contributed by atoms with Crippen LogP contribution in [0.15, 0.2) is 36.4 Å². The molecule has 4 nitrogen and oxygen atoms in total. The summed E-state index contributed by atoms with van der Waals surface area (Å²) in [7, 11) is 0. The molecule has 0 N–H and O–H groups in total. The molecule has 1 amide bonds. The first kappa shape index (κ1) is 20.4. The summed E-state index contributed by atoms with van der Waals surface area (Å²) < 4.78 is 0. The molecule has 2 aliphatic rings. The standard InChI is InChI=1S/C24H30ClN3O/c1-18-8-9-22(24(29)28-12-3-2-4-13-28)23(26-18)20-10-14-27(15-11-20)17-19-6-5-7-21(25)16-19/h5-9,16,20H,2-4,10-15,17H2,1H3. The average Bonchev–Trinajstić information content (AvgIpc) is 2.74. The second-order valence-corrected chi connectivity index (χ2v) is 8.86. The molecule has 0 atom stereocenters. The maximum atomic E-state index is 13.2. The van der Waals surface area contributed by atoms with E-state index < -0.39 is 0 Å². The van der Waals surface area contributed by atoms with Crippen LogP contribution in [0.2, 0.25) is 5.02 Å². The lowest BCUT2D eigenvalue weighted by molar-refractivity contribution is 0.0721. The van der Waals surface area contributed by atoms with Crippen molar-refractivity contribution in [1.29, 1.82) is 0 Å². The zero-order chi connectivity index (χ0) is 20.2. The van der Waals surface area contributed by atoms with Crippen LogP contribution in [0.25, 0.3) is 0 Å². The lowest BCUT2D eigenvalue weighted by Gasteiger charge is -2.33. The Balaban J connectivity index is 1.45. The van der Waals surface area contributed by atoms with Gasteiger partial charge in [-0.2, -0.15) is 0 Å². The van der Waals surface area contributed by atoms with Gasteiger partial charge in [0.2, 0.25) is 0 Å². The van der Waals surface area contributed by atoms with Crippen LogP contribution in [0.1, 0.15) is 65.3 Å². The minimum absolute atomic E-state index is 0.175. The number of amides is 1. The van der Waals surface area contributed by atoms with Gasteiger partial charge in [0.15, 0.2) is 0 Å². The molecule has 2 fully saturated rings. The van der Waals surface area contributed by atoms with Crippen LogP contribution >= 0.6 is 11.6 Å². The van der Waals surface area contributed by atoms with Gasteiger partial charge in [-0.3, -0.25) is 14.7 Å². The third kappa shape index (κ3) is 4.99. The molecule has 2 saturated heterocycles. The Kier molecular flexibility index (Phi) is 6.51. The van der Waals surface area contributed by atoms with Crippen molar-refractivity contribution in [3.63, 3.8) is 0 Å². The minimum Gasteiger partial charge on any atom is -0.339 e. The summed E-state index contributed by atoms with van der Waals surface area (Å²) in [6.07, 6.45) is 5.53. The first-order valence-electron chi connectivity index (χ1n) is 10.8. The highest BCUT2D eigenvalue weighted by Crippen LogP contribution is 2.31. The number of aryl methyl sites for hydroxylation is 1. The Morgan fingerprint density at radius 1 is 1.07 bits per heavy atom. The van der Waals surface area contributed by atoms with Crippen LogP contribution in [-0.2, 0) is 6.54 Å². The molecule has 1 aromatic heterocycles. The molecule has 1 aromatic carbocycles. The second kappa shape index (κ2) is 9.27. The minimum atomic E-state index is 0.175. The molecule has 5 heteroatoms. The fourth-order valence-corrected chi connectivity index (χ4v) is 4.81. The molecule has 0 aliphatic carbocycles. The summed E-state index contributed by atoms with van der Waals surface area (Å²) in [4.78, 5) is 22.5. The molecular formula is C24H30ClN3O. The van der Waals surface area contributed by atoms with Crippen LogP contribution in [0.4, 0.5) is 0 Å². The van der Waals surface area contributed by atoms with Crippen molar-refractivity contribution >= 4 is 17.5 Å². The maximum absolute atomic E-state index is 13.2. The third-order valence-electron chi connectivity index (χ3n) is 6.21. The molecule has 0 unspecified atom stereocenters. The molecule has 4 rings (SSSR count). The Morgan fingerprint density at radius 3 is 2.55 bits per heavy atom. The smallest absolute Gasteiger partial charge is 0.255 e. The maximum Gasteiger partial charge on any atom is 0.255 e. The average molecular weight is 412 g/mol. The number of nitrogens with zero attached hydrogens (tertiary/aromatic N) is 3. The summed E-state index contributed by atoms with van der Waals surface area (Å²) in [5.74, 6) is 0.530. The molecule has 0 radical (unpaired) electrons. The van der Waals surface area contributed by atoms with Crippen LogP contribution in [0.5, 0.6) is 0 Å². The van der Waals surface area contributed by atoms with Gasteiger partial charge in [0, 0.05) is 36.3 Å². The molecule has 2 aromatic rings. The summed E-state index contributed by atoms with van der Waals surface area (Å²) in [6, 6.07) is 12.1. The van der Waals surface area contributed by atoms with Crippen molar-refractivity contribution in [2.24, 2.45) is 0 Å². The third-order valence-corrected chi connectivity index (χ3v) is 6.44. The Morgan fingerprint density at radius 2 is 1.83 bits per heavy atom. The molecule has 154 valence electrons. The first-order valence-corrected chi connectivity index (χ1v) is 11.2. The van der Waals surface area contributed by atoms with E-state index in [0.717, 1.165) is 80.4 Å². The van der Waals surface area contributed by atoms with Crippen LogP contribution in [0.3, 0.4) is 0 Å². The van der Waals surface area contributed by atoms with Gasteiger partial charge in [-0.15, -0.1) is 0 Å². The summed E-state index contributed by atoms with van der Waals surface area (Å²) in [5.41, 5.74) is 4.09. The highest BCUT2D eigenvalue weighted by molar-refractivity contribution is 6.30. The van der Waals surface area contributed by atoms with E-state index >= 15 is 0 Å². The van der Waals surface area contributed by atoms with Crippen molar-refractivity contribution in [1.82, 2.24) is 14.8 Å². The van der Waals surface area contributed by atoms with E-state index in [9.17, 15) is 4.79 Å². The number of piperidine rings is 2. The van der Waals surface area contributed by atoms with Gasteiger partial charge in [0.25, 0.3) is 5.91 Å². The Hall–Kier alpha value is -1.91. The van der Waals surface area contributed by atoms with Gasteiger partial charge in [-0.1, -0.05) is 23.7 Å². The number of aromatic nitrogens is 1. The predicted molar refractivity (Wildman–Crippen MR) is 117 cm³/mol. The zero-order valence-electron chi connectivity index (χ0n) is 17.2. The lowest BCUT2D eigenvalue weighted by Crippen LogP contribution is -2.37. The number of pyridine rings is 1. The van der Waals surface area contributed by atoms with Gasteiger partial charge >= 0.3 is 0 Å². The summed E-state index contributed by atoms with van der Waals surface area (Å²) >= 11 is 6.13. The van der Waals surface area contributed by atoms with Crippen molar-refractivity contribution in [2.45, 2.75) is 51.5 Å². The van der Waals surface area contributed by atoms with Crippen molar-refractivity contribution in [2.75, 3.05) is 26.2 Å². The zero-order valence-corrected chi connectivity index (χ0v) is 18.0. The molecule has 3 heterocycles. The summed E-state index contributed by atoms with van der Waals surface area (Å²) in [5, 5.41) is 0.794. The van der Waals surface area contributed by atoms with Gasteiger partial charge in [0.1, 0.15) is 0 Å². The number of likely N-dealkylation sites (tertiary alicyclic amines) is 2. The number of carbonyl (C=O) groups is 1. The number of benzene rings is 1. The van der Waals surface area contributed by atoms with Gasteiger partial charge in [-0.25, -0.2) is 0 Å². The number of halogens is 1. The van der Waals surface area contributed by atoms with Gasteiger partial charge in [-0.05, 0) is 81.9 Å².